The second kappa shape index (κ2) is 6.13. The molecule has 0 spiro atoms. The van der Waals surface area contributed by atoms with Gasteiger partial charge in [-0.25, -0.2) is 9.97 Å². The van der Waals surface area contributed by atoms with Crippen molar-refractivity contribution < 1.29 is 14.1 Å². The van der Waals surface area contributed by atoms with Crippen molar-refractivity contribution >= 4 is 5.91 Å². The highest BCUT2D eigenvalue weighted by Gasteiger charge is 2.24. The summed E-state index contributed by atoms with van der Waals surface area (Å²) in [6.45, 7) is 5.44. The van der Waals surface area contributed by atoms with E-state index in [4.69, 9.17) is 9.26 Å². The molecule has 1 aliphatic rings. The maximum atomic E-state index is 12.5. The molecule has 0 unspecified atom stereocenters. The maximum Gasteiger partial charge on any atom is 0.276 e. The maximum absolute atomic E-state index is 12.5. The zero-order valence-corrected chi connectivity index (χ0v) is 12.7. The molecular weight excluding hydrogens is 284 g/mol. The molecule has 116 valence electrons. The van der Waals surface area contributed by atoms with Crippen LogP contribution in [0.5, 0.6) is 5.88 Å². The Morgan fingerprint density at radius 1 is 1.36 bits per heavy atom. The molecular formula is C15H18N4O3. The van der Waals surface area contributed by atoms with Gasteiger partial charge in [0.15, 0.2) is 5.69 Å². The predicted molar refractivity (Wildman–Crippen MR) is 77.8 cm³/mol. The molecule has 3 rings (SSSR count). The van der Waals surface area contributed by atoms with Gasteiger partial charge in [0.05, 0.1) is 12.3 Å². The van der Waals surface area contributed by atoms with Crippen LogP contribution in [0, 0.1) is 6.92 Å². The highest BCUT2D eigenvalue weighted by Crippen LogP contribution is 2.22. The molecule has 0 N–H and O–H groups in total. The number of rotatable bonds is 3. The van der Waals surface area contributed by atoms with Crippen molar-refractivity contribution in [3.63, 3.8) is 0 Å². The van der Waals surface area contributed by atoms with Crippen LogP contribution >= 0.6 is 0 Å². The first-order valence-electron chi connectivity index (χ1n) is 7.37. The number of nitrogens with zero attached hydrogens (tertiary/aromatic N) is 4. The Labute approximate surface area is 128 Å². The molecule has 0 saturated carbocycles. The predicted octanol–water partition coefficient (Wildman–Crippen LogP) is 1.41. The molecule has 0 bridgehead atoms. The molecule has 1 amide bonds. The van der Waals surface area contributed by atoms with Crippen molar-refractivity contribution in [3.8, 4) is 5.88 Å². The van der Waals surface area contributed by atoms with Crippen LogP contribution in [0.4, 0.5) is 0 Å². The molecule has 7 heteroatoms. The van der Waals surface area contributed by atoms with Crippen LogP contribution in [0.2, 0.25) is 0 Å². The number of fused-ring (bicyclic) bond motifs is 1. The number of aryl methyl sites for hydroxylation is 1. The largest absolute Gasteiger partial charge is 0.478 e. The van der Waals surface area contributed by atoms with Crippen LogP contribution < -0.4 is 4.74 Å². The molecule has 0 saturated heterocycles. The van der Waals surface area contributed by atoms with Gasteiger partial charge in [-0.2, -0.15) is 0 Å². The fourth-order valence-corrected chi connectivity index (χ4v) is 2.59. The van der Waals surface area contributed by atoms with Crippen LogP contribution in [0.15, 0.2) is 16.9 Å². The number of hydrogen-bond donors (Lipinski definition) is 0. The van der Waals surface area contributed by atoms with E-state index >= 15 is 0 Å². The summed E-state index contributed by atoms with van der Waals surface area (Å²) >= 11 is 0. The van der Waals surface area contributed by atoms with Gasteiger partial charge in [-0.3, -0.25) is 4.79 Å². The number of carbonyl (C=O) groups is 1. The summed E-state index contributed by atoms with van der Waals surface area (Å²) in [4.78, 5) is 22.8. The Hall–Kier alpha value is -2.44. The molecule has 7 nitrogen and oxygen atoms in total. The summed E-state index contributed by atoms with van der Waals surface area (Å²) in [6, 6.07) is 1.66. The number of carbonyl (C=O) groups excluding carboxylic acids is 1. The van der Waals surface area contributed by atoms with Gasteiger partial charge < -0.3 is 14.2 Å². The van der Waals surface area contributed by atoms with Crippen molar-refractivity contribution in [2.75, 3.05) is 19.7 Å². The first-order valence-corrected chi connectivity index (χ1v) is 7.37. The molecule has 0 fully saturated rings. The lowest BCUT2D eigenvalue weighted by molar-refractivity contribution is 0.0752. The highest BCUT2D eigenvalue weighted by molar-refractivity contribution is 5.92. The summed E-state index contributed by atoms with van der Waals surface area (Å²) in [5.74, 6) is 1.14. The second-order valence-electron chi connectivity index (χ2n) is 5.15. The standard InChI is InChI=1S/C15H18N4O3/c1-3-21-14-11-4-6-19(7-5-12(11)16-9-17-14)15(20)13-8-10(2)22-18-13/h8-9H,3-7H2,1-2H3. The summed E-state index contributed by atoms with van der Waals surface area (Å²) < 4.78 is 10.5. The van der Waals surface area contributed by atoms with Crippen molar-refractivity contribution in [1.82, 2.24) is 20.0 Å². The minimum absolute atomic E-state index is 0.115. The van der Waals surface area contributed by atoms with E-state index in [9.17, 15) is 4.79 Å². The molecule has 0 radical (unpaired) electrons. The van der Waals surface area contributed by atoms with Crippen LogP contribution in [0.1, 0.15) is 34.4 Å². The summed E-state index contributed by atoms with van der Waals surface area (Å²) in [7, 11) is 0. The molecule has 2 aromatic heterocycles. The van der Waals surface area contributed by atoms with E-state index in [1.54, 1.807) is 17.9 Å². The van der Waals surface area contributed by atoms with Crippen molar-refractivity contribution in [2.45, 2.75) is 26.7 Å². The van der Waals surface area contributed by atoms with Crippen molar-refractivity contribution in [3.05, 3.63) is 35.1 Å². The SMILES string of the molecule is CCOc1ncnc2c1CCN(C(=O)c1cc(C)on1)CC2. The second-order valence-corrected chi connectivity index (χ2v) is 5.15. The van der Waals surface area contributed by atoms with Gasteiger partial charge >= 0.3 is 0 Å². The molecule has 1 aliphatic heterocycles. The fourth-order valence-electron chi connectivity index (χ4n) is 2.59. The van der Waals surface area contributed by atoms with Crippen molar-refractivity contribution in [1.29, 1.82) is 0 Å². The number of hydrogen-bond acceptors (Lipinski definition) is 6. The molecule has 2 aromatic rings. The first-order chi connectivity index (χ1) is 10.7. The third-order valence-electron chi connectivity index (χ3n) is 3.66. The summed E-state index contributed by atoms with van der Waals surface area (Å²) in [6.07, 6.45) is 2.87. The lowest BCUT2D eigenvalue weighted by Crippen LogP contribution is -2.33. The number of amides is 1. The number of ether oxygens (including phenoxy) is 1. The molecule has 22 heavy (non-hydrogen) atoms. The Bertz CT molecular complexity index is 683. The fraction of sp³-hybridized carbons (Fsp3) is 0.467. The molecule has 3 heterocycles. The third-order valence-corrected chi connectivity index (χ3v) is 3.66. The van der Waals surface area contributed by atoms with Gasteiger partial charge in [0.1, 0.15) is 12.1 Å². The highest BCUT2D eigenvalue weighted by atomic mass is 16.5. The summed E-state index contributed by atoms with van der Waals surface area (Å²) in [5, 5.41) is 3.80. The van der Waals surface area contributed by atoms with E-state index in [1.165, 1.54) is 6.33 Å². The Balaban J connectivity index is 1.78. The molecule has 0 aliphatic carbocycles. The monoisotopic (exact) mass is 302 g/mol. The third kappa shape index (κ3) is 2.79. The van der Waals surface area contributed by atoms with Gasteiger partial charge in [-0.05, 0) is 20.3 Å². The zero-order chi connectivity index (χ0) is 15.5. The van der Waals surface area contributed by atoms with Gasteiger partial charge in [0, 0.05) is 31.1 Å². The first kappa shape index (κ1) is 14.5. The minimum Gasteiger partial charge on any atom is -0.478 e. The van der Waals surface area contributed by atoms with E-state index in [-0.39, 0.29) is 5.91 Å². The van der Waals surface area contributed by atoms with E-state index in [0.717, 1.165) is 11.3 Å². The normalized spacial score (nSPS) is 14.4. The van der Waals surface area contributed by atoms with E-state index in [0.29, 0.717) is 49.9 Å². The van der Waals surface area contributed by atoms with Gasteiger partial charge in [-0.1, -0.05) is 5.16 Å². The zero-order valence-electron chi connectivity index (χ0n) is 12.7. The lowest BCUT2D eigenvalue weighted by atomic mass is 10.1. The van der Waals surface area contributed by atoms with Gasteiger partial charge in [0.2, 0.25) is 5.88 Å². The average molecular weight is 302 g/mol. The van der Waals surface area contributed by atoms with E-state index < -0.39 is 0 Å². The topological polar surface area (TPSA) is 81.4 Å². The van der Waals surface area contributed by atoms with Gasteiger partial charge in [-0.15, -0.1) is 0 Å². The van der Waals surface area contributed by atoms with Crippen LogP contribution in [0.25, 0.3) is 0 Å². The molecule has 0 aromatic carbocycles. The number of aromatic nitrogens is 3. The van der Waals surface area contributed by atoms with E-state index in [1.807, 2.05) is 6.92 Å². The Morgan fingerprint density at radius 3 is 2.91 bits per heavy atom. The van der Waals surface area contributed by atoms with Crippen LogP contribution in [-0.4, -0.2) is 45.6 Å². The summed E-state index contributed by atoms with van der Waals surface area (Å²) in [5.41, 5.74) is 2.29. The van der Waals surface area contributed by atoms with Crippen LogP contribution in [-0.2, 0) is 12.8 Å². The Kier molecular flexibility index (Phi) is 4.04. The Morgan fingerprint density at radius 2 is 2.18 bits per heavy atom. The van der Waals surface area contributed by atoms with Crippen molar-refractivity contribution in [2.24, 2.45) is 0 Å². The van der Waals surface area contributed by atoms with E-state index in [2.05, 4.69) is 15.1 Å². The van der Waals surface area contributed by atoms with Gasteiger partial charge in [0.25, 0.3) is 5.91 Å². The average Bonchev–Trinajstić information content (AvgIpc) is 2.83. The smallest absolute Gasteiger partial charge is 0.276 e. The molecule has 0 atom stereocenters. The lowest BCUT2D eigenvalue weighted by Gasteiger charge is -2.18. The van der Waals surface area contributed by atoms with Crippen LogP contribution in [0.3, 0.4) is 0 Å². The quantitative estimate of drug-likeness (QED) is 0.852. The minimum atomic E-state index is -0.115.